The second-order valence-electron chi connectivity index (χ2n) is 3.64. The lowest BCUT2D eigenvalue weighted by atomic mass is 10.1. The van der Waals surface area contributed by atoms with E-state index in [4.69, 9.17) is 0 Å². The van der Waals surface area contributed by atoms with Gasteiger partial charge in [-0.2, -0.15) is 5.10 Å². The molecule has 1 unspecified atom stereocenters. The highest BCUT2D eigenvalue weighted by molar-refractivity contribution is 5.43. The summed E-state index contributed by atoms with van der Waals surface area (Å²) in [6, 6.07) is 6.92. The first-order valence-electron chi connectivity index (χ1n) is 5.19. The Bertz CT molecular complexity index is 465. The molecule has 0 saturated heterocycles. The average Bonchev–Trinajstić information content (AvgIpc) is 2.81. The lowest BCUT2D eigenvalue weighted by Crippen LogP contribution is -2.16. The first kappa shape index (κ1) is 10.8. The Morgan fingerprint density at radius 3 is 2.81 bits per heavy atom. The zero-order valence-electron chi connectivity index (χ0n) is 9.31. The van der Waals surface area contributed by atoms with E-state index in [1.807, 2.05) is 20.0 Å². The van der Waals surface area contributed by atoms with Gasteiger partial charge in [0.15, 0.2) is 0 Å². The van der Waals surface area contributed by atoms with Crippen LogP contribution in [0.25, 0.3) is 5.69 Å². The Hall–Kier alpha value is -1.68. The van der Waals surface area contributed by atoms with Gasteiger partial charge in [0, 0.05) is 18.4 Å². The van der Waals surface area contributed by atoms with Gasteiger partial charge in [0.05, 0.1) is 0 Å². The summed E-state index contributed by atoms with van der Waals surface area (Å²) in [5.74, 6) is -0.261. The second-order valence-corrected chi connectivity index (χ2v) is 3.64. The Morgan fingerprint density at radius 2 is 2.19 bits per heavy atom. The standard InChI is InChI=1S/C12H14FN3/c1-9(14-2)10-5-3-6-11(13)12(10)16-8-4-7-15-16/h3-9,14H,1-2H3. The minimum atomic E-state index is -0.261. The van der Waals surface area contributed by atoms with Crippen LogP contribution in [0.5, 0.6) is 0 Å². The molecule has 1 heterocycles. The molecule has 0 fully saturated rings. The van der Waals surface area contributed by atoms with Crippen LogP contribution >= 0.6 is 0 Å². The maximum Gasteiger partial charge on any atom is 0.149 e. The average molecular weight is 219 g/mol. The monoisotopic (exact) mass is 219 g/mol. The maximum atomic E-state index is 13.8. The Kier molecular flexibility index (Phi) is 3.01. The molecule has 1 aromatic heterocycles. The van der Waals surface area contributed by atoms with Crippen molar-refractivity contribution in [3.05, 3.63) is 48.0 Å². The van der Waals surface area contributed by atoms with E-state index < -0.39 is 0 Å². The molecule has 3 nitrogen and oxygen atoms in total. The first-order valence-corrected chi connectivity index (χ1v) is 5.19. The molecular weight excluding hydrogens is 205 g/mol. The minimum Gasteiger partial charge on any atom is -0.313 e. The number of nitrogens with zero attached hydrogens (tertiary/aromatic N) is 2. The van der Waals surface area contributed by atoms with Crippen molar-refractivity contribution in [2.45, 2.75) is 13.0 Å². The second kappa shape index (κ2) is 4.45. The van der Waals surface area contributed by atoms with Gasteiger partial charge in [-0.25, -0.2) is 9.07 Å². The predicted molar refractivity (Wildman–Crippen MR) is 61.0 cm³/mol. The number of para-hydroxylation sites is 1. The van der Waals surface area contributed by atoms with Gasteiger partial charge >= 0.3 is 0 Å². The van der Waals surface area contributed by atoms with Gasteiger partial charge in [-0.05, 0) is 31.7 Å². The number of aromatic nitrogens is 2. The quantitative estimate of drug-likeness (QED) is 0.858. The van der Waals surface area contributed by atoms with Gasteiger partial charge < -0.3 is 5.32 Å². The molecular formula is C12H14FN3. The van der Waals surface area contributed by atoms with Crippen molar-refractivity contribution in [1.29, 1.82) is 0 Å². The summed E-state index contributed by atoms with van der Waals surface area (Å²) < 4.78 is 15.4. The Morgan fingerprint density at radius 1 is 1.38 bits per heavy atom. The molecule has 0 aliphatic heterocycles. The van der Waals surface area contributed by atoms with Gasteiger partial charge in [-0.15, -0.1) is 0 Å². The maximum absolute atomic E-state index is 13.8. The Balaban J connectivity index is 2.58. The molecule has 2 rings (SSSR count). The highest BCUT2D eigenvalue weighted by Gasteiger charge is 2.14. The van der Waals surface area contributed by atoms with Crippen LogP contribution in [0.1, 0.15) is 18.5 Å². The van der Waals surface area contributed by atoms with Crippen LogP contribution in [0.4, 0.5) is 4.39 Å². The van der Waals surface area contributed by atoms with Crippen LogP contribution < -0.4 is 5.32 Å². The van der Waals surface area contributed by atoms with Crippen molar-refractivity contribution in [1.82, 2.24) is 15.1 Å². The molecule has 1 N–H and O–H groups in total. The van der Waals surface area contributed by atoms with Crippen molar-refractivity contribution >= 4 is 0 Å². The number of nitrogens with one attached hydrogen (secondary N) is 1. The van der Waals surface area contributed by atoms with Crippen molar-refractivity contribution in [3.8, 4) is 5.69 Å². The van der Waals surface area contributed by atoms with Gasteiger partial charge in [0.2, 0.25) is 0 Å². The van der Waals surface area contributed by atoms with Crippen molar-refractivity contribution < 1.29 is 4.39 Å². The van der Waals surface area contributed by atoms with Crippen LogP contribution in [0.15, 0.2) is 36.7 Å². The summed E-state index contributed by atoms with van der Waals surface area (Å²) >= 11 is 0. The number of halogens is 1. The third-order valence-corrected chi connectivity index (χ3v) is 2.65. The summed E-state index contributed by atoms with van der Waals surface area (Å²) in [6.45, 7) is 1.99. The molecule has 16 heavy (non-hydrogen) atoms. The van der Waals surface area contributed by atoms with Crippen LogP contribution in [0.3, 0.4) is 0 Å². The molecule has 84 valence electrons. The van der Waals surface area contributed by atoms with E-state index in [1.165, 1.54) is 6.07 Å². The van der Waals surface area contributed by atoms with Gasteiger partial charge in [0.1, 0.15) is 11.5 Å². The fourth-order valence-electron chi connectivity index (χ4n) is 1.68. The third kappa shape index (κ3) is 1.84. The van der Waals surface area contributed by atoms with Crippen molar-refractivity contribution in [2.24, 2.45) is 0 Å². The van der Waals surface area contributed by atoms with E-state index in [-0.39, 0.29) is 11.9 Å². The van der Waals surface area contributed by atoms with E-state index >= 15 is 0 Å². The normalized spacial score (nSPS) is 12.7. The third-order valence-electron chi connectivity index (χ3n) is 2.65. The lowest BCUT2D eigenvalue weighted by Gasteiger charge is -2.16. The van der Waals surface area contributed by atoms with Gasteiger partial charge in [-0.1, -0.05) is 12.1 Å². The summed E-state index contributed by atoms with van der Waals surface area (Å²) in [6.07, 6.45) is 3.38. The highest BCUT2D eigenvalue weighted by Crippen LogP contribution is 2.23. The largest absolute Gasteiger partial charge is 0.313 e. The lowest BCUT2D eigenvalue weighted by molar-refractivity contribution is 0.589. The molecule has 1 atom stereocenters. The molecule has 0 radical (unpaired) electrons. The fourth-order valence-corrected chi connectivity index (χ4v) is 1.68. The smallest absolute Gasteiger partial charge is 0.149 e. The molecule has 0 amide bonds. The first-order chi connectivity index (χ1) is 7.74. The minimum absolute atomic E-state index is 0.0786. The predicted octanol–water partition coefficient (Wildman–Crippen LogP) is 2.29. The molecule has 0 aliphatic carbocycles. The van der Waals surface area contributed by atoms with Crippen molar-refractivity contribution in [3.63, 3.8) is 0 Å². The molecule has 0 aliphatic rings. The van der Waals surface area contributed by atoms with Crippen LogP contribution in [0, 0.1) is 5.82 Å². The summed E-state index contributed by atoms with van der Waals surface area (Å²) in [4.78, 5) is 0. The van der Waals surface area contributed by atoms with Crippen LogP contribution in [-0.4, -0.2) is 16.8 Å². The van der Waals surface area contributed by atoms with E-state index in [1.54, 1.807) is 29.2 Å². The van der Waals surface area contributed by atoms with Gasteiger partial charge in [0.25, 0.3) is 0 Å². The van der Waals surface area contributed by atoms with Gasteiger partial charge in [-0.3, -0.25) is 0 Å². The van der Waals surface area contributed by atoms with Crippen LogP contribution in [0.2, 0.25) is 0 Å². The molecule has 0 spiro atoms. The topological polar surface area (TPSA) is 29.9 Å². The van der Waals surface area contributed by atoms with E-state index in [0.717, 1.165) is 5.56 Å². The number of hydrogen-bond acceptors (Lipinski definition) is 2. The molecule has 4 heteroatoms. The molecule has 1 aromatic carbocycles. The van der Waals surface area contributed by atoms with E-state index in [2.05, 4.69) is 10.4 Å². The zero-order chi connectivity index (χ0) is 11.5. The number of benzene rings is 1. The summed E-state index contributed by atoms with van der Waals surface area (Å²) in [7, 11) is 1.85. The van der Waals surface area contributed by atoms with E-state index in [9.17, 15) is 4.39 Å². The summed E-state index contributed by atoms with van der Waals surface area (Å²) in [5.41, 5.74) is 1.40. The molecule has 0 saturated carbocycles. The highest BCUT2D eigenvalue weighted by atomic mass is 19.1. The zero-order valence-corrected chi connectivity index (χ0v) is 9.31. The molecule has 0 bridgehead atoms. The van der Waals surface area contributed by atoms with Crippen LogP contribution in [-0.2, 0) is 0 Å². The number of hydrogen-bond donors (Lipinski definition) is 1. The molecule has 2 aromatic rings. The van der Waals surface area contributed by atoms with E-state index in [0.29, 0.717) is 5.69 Å². The Labute approximate surface area is 93.9 Å². The fraction of sp³-hybridized carbons (Fsp3) is 0.250. The summed E-state index contributed by atoms with van der Waals surface area (Å²) in [5, 5.41) is 7.18. The SMILES string of the molecule is CNC(C)c1cccc(F)c1-n1cccn1. The number of rotatable bonds is 3. The van der Waals surface area contributed by atoms with Crippen molar-refractivity contribution in [2.75, 3.05) is 7.05 Å².